The largest absolute Gasteiger partial charge is 0.497 e. The average Bonchev–Trinajstić information content (AvgIpc) is 2.93. The van der Waals surface area contributed by atoms with Crippen LogP contribution in [0.1, 0.15) is 24.8 Å². The summed E-state index contributed by atoms with van der Waals surface area (Å²) in [6.07, 6.45) is 2.63. The zero-order valence-corrected chi connectivity index (χ0v) is 14.2. The van der Waals surface area contributed by atoms with Gasteiger partial charge < -0.3 is 20.1 Å². The summed E-state index contributed by atoms with van der Waals surface area (Å²) in [6.45, 7) is 0.526. The van der Waals surface area contributed by atoms with Crippen molar-refractivity contribution in [3.63, 3.8) is 0 Å². The molecular formula is C16H25ClN2O3. The van der Waals surface area contributed by atoms with Gasteiger partial charge in [-0.2, -0.15) is 0 Å². The van der Waals surface area contributed by atoms with Gasteiger partial charge in [0.25, 0.3) is 0 Å². The fourth-order valence-electron chi connectivity index (χ4n) is 2.87. The Morgan fingerprint density at radius 2 is 2.05 bits per heavy atom. The highest BCUT2D eigenvalue weighted by molar-refractivity contribution is 5.85. The minimum absolute atomic E-state index is 0. The van der Waals surface area contributed by atoms with Crippen LogP contribution in [0.5, 0.6) is 11.5 Å². The lowest BCUT2D eigenvalue weighted by atomic mass is 10.1. The predicted octanol–water partition coefficient (Wildman–Crippen LogP) is 2.21. The van der Waals surface area contributed by atoms with Gasteiger partial charge in [0.05, 0.1) is 14.2 Å². The molecule has 1 saturated carbocycles. The van der Waals surface area contributed by atoms with Crippen LogP contribution in [0.15, 0.2) is 18.2 Å². The third-order valence-corrected chi connectivity index (χ3v) is 4.10. The first-order valence-corrected chi connectivity index (χ1v) is 7.26. The highest BCUT2D eigenvalue weighted by atomic mass is 35.5. The summed E-state index contributed by atoms with van der Waals surface area (Å²) < 4.78 is 10.6. The number of hydrogen-bond donors (Lipinski definition) is 1. The van der Waals surface area contributed by atoms with E-state index in [0.29, 0.717) is 6.54 Å². The molecule has 2 atom stereocenters. The highest BCUT2D eigenvalue weighted by Gasteiger charge is 2.30. The van der Waals surface area contributed by atoms with Gasteiger partial charge in [0, 0.05) is 37.2 Å². The lowest BCUT2D eigenvalue weighted by molar-refractivity contribution is -0.134. The maximum atomic E-state index is 12.4. The van der Waals surface area contributed by atoms with Gasteiger partial charge in [0.2, 0.25) is 5.91 Å². The quantitative estimate of drug-likeness (QED) is 0.900. The highest BCUT2D eigenvalue weighted by Crippen LogP contribution is 2.28. The topological polar surface area (TPSA) is 64.8 Å². The van der Waals surface area contributed by atoms with Gasteiger partial charge >= 0.3 is 0 Å². The minimum atomic E-state index is 0. The fraction of sp³-hybridized carbons (Fsp3) is 0.562. The molecule has 0 aliphatic heterocycles. The van der Waals surface area contributed by atoms with Gasteiger partial charge in [-0.15, -0.1) is 12.4 Å². The molecule has 124 valence electrons. The van der Waals surface area contributed by atoms with Gasteiger partial charge in [-0.25, -0.2) is 0 Å². The van der Waals surface area contributed by atoms with Crippen LogP contribution >= 0.6 is 12.4 Å². The van der Waals surface area contributed by atoms with Crippen LogP contribution in [0.4, 0.5) is 0 Å². The normalized spacial score (nSPS) is 20.2. The second kappa shape index (κ2) is 8.25. The molecular weight excluding hydrogens is 304 g/mol. The first kappa shape index (κ1) is 18.6. The van der Waals surface area contributed by atoms with Crippen molar-refractivity contribution in [2.75, 3.05) is 21.3 Å². The maximum Gasteiger partial charge on any atom is 0.225 e. The van der Waals surface area contributed by atoms with E-state index < -0.39 is 0 Å². The summed E-state index contributed by atoms with van der Waals surface area (Å²) in [4.78, 5) is 14.2. The van der Waals surface area contributed by atoms with Crippen LogP contribution in [-0.4, -0.2) is 38.1 Å². The van der Waals surface area contributed by atoms with E-state index in [2.05, 4.69) is 0 Å². The number of amides is 1. The number of carbonyl (C=O) groups excluding carboxylic acids is 1. The molecule has 22 heavy (non-hydrogen) atoms. The first-order valence-electron chi connectivity index (χ1n) is 7.26. The van der Waals surface area contributed by atoms with E-state index in [0.717, 1.165) is 36.3 Å². The summed E-state index contributed by atoms with van der Waals surface area (Å²) in [5, 5.41) is 0. The molecule has 0 radical (unpaired) electrons. The number of nitrogens with two attached hydrogens (primary N) is 1. The van der Waals surface area contributed by atoms with E-state index in [9.17, 15) is 4.79 Å². The Balaban J connectivity index is 0.00000242. The Bertz CT molecular complexity index is 510. The smallest absolute Gasteiger partial charge is 0.225 e. The van der Waals surface area contributed by atoms with Gasteiger partial charge in [0.1, 0.15) is 11.5 Å². The molecule has 0 spiro atoms. The molecule has 1 fully saturated rings. The van der Waals surface area contributed by atoms with Crippen LogP contribution in [0, 0.1) is 5.92 Å². The number of halogens is 1. The summed E-state index contributed by atoms with van der Waals surface area (Å²) in [6, 6.07) is 5.81. The third-order valence-electron chi connectivity index (χ3n) is 4.10. The molecule has 1 aliphatic rings. The number of methoxy groups -OCH3 is 2. The monoisotopic (exact) mass is 328 g/mol. The Labute approximate surface area is 138 Å². The van der Waals surface area contributed by atoms with Crippen LogP contribution in [-0.2, 0) is 11.3 Å². The van der Waals surface area contributed by atoms with Crippen LogP contribution in [0.25, 0.3) is 0 Å². The van der Waals surface area contributed by atoms with Crippen molar-refractivity contribution in [1.82, 2.24) is 4.90 Å². The molecule has 1 aromatic rings. The molecule has 0 bridgehead atoms. The number of nitrogens with zero attached hydrogens (tertiary/aromatic N) is 1. The Morgan fingerprint density at radius 3 is 2.59 bits per heavy atom. The van der Waals surface area contributed by atoms with E-state index in [1.54, 1.807) is 19.1 Å². The predicted molar refractivity (Wildman–Crippen MR) is 88.6 cm³/mol. The summed E-state index contributed by atoms with van der Waals surface area (Å²) >= 11 is 0. The molecule has 1 aliphatic carbocycles. The lowest BCUT2D eigenvalue weighted by Gasteiger charge is -2.22. The van der Waals surface area contributed by atoms with Crippen molar-refractivity contribution in [3.05, 3.63) is 23.8 Å². The molecule has 1 amide bonds. The van der Waals surface area contributed by atoms with Crippen molar-refractivity contribution in [1.29, 1.82) is 0 Å². The second-order valence-corrected chi connectivity index (χ2v) is 5.64. The number of carbonyl (C=O) groups is 1. The molecule has 6 heteroatoms. The molecule has 2 unspecified atom stereocenters. The van der Waals surface area contributed by atoms with Gasteiger partial charge in [-0.1, -0.05) is 0 Å². The summed E-state index contributed by atoms with van der Waals surface area (Å²) in [7, 11) is 5.07. The maximum absolute atomic E-state index is 12.4. The van der Waals surface area contributed by atoms with Crippen LogP contribution < -0.4 is 15.2 Å². The number of rotatable bonds is 5. The van der Waals surface area contributed by atoms with E-state index in [1.807, 2.05) is 25.2 Å². The molecule has 2 N–H and O–H groups in total. The van der Waals surface area contributed by atoms with E-state index >= 15 is 0 Å². The van der Waals surface area contributed by atoms with Crippen molar-refractivity contribution in [3.8, 4) is 11.5 Å². The van der Waals surface area contributed by atoms with Gasteiger partial charge in [-0.3, -0.25) is 4.79 Å². The standard InChI is InChI=1S/C16H24N2O3.ClH/c1-18(16(19)11-4-6-13(17)8-11)10-12-5-7-14(20-2)9-15(12)21-3;/h5,7,9,11,13H,4,6,8,10,17H2,1-3H3;1H. The SMILES string of the molecule is COc1ccc(CN(C)C(=O)C2CCC(N)C2)c(OC)c1.Cl. The summed E-state index contributed by atoms with van der Waals surface area (Å²) in [5.41, 5.74) is 6.86. The molecule has 2 rings (SSSR count). The molecule has 1 aromatic carbocycles. The van der Waals surface area contributed by atoms with Gasteiger partial charge in [0.15, 0.2) is 0 Å². The van der Waals surface area contributed by atoms with Crippen molar-refractivity contribution >= 4 is 18.3 Å². The van der Waals surface area contributed by atoms with E-state index in [4.69, 9.17) is 15.2 Å². The van der Waals surface area contributed by atoms with E-state index in [-0.39, 0.29) is 30.3 Å². The first-order chi connectivity index (χ1) is 10.0. The molecule has 0 saturated heterocycles. The van der Waals surface area contributed by atoms with Gasteiger partial charge in [-0.05, 0) is 31.4 Å². The minimum Gasteiger partial charge on any atom is -0.497 e. The fourth-order valence-corrected chi connectivity index (χ4v) is 2.87. The van der Waals surface area contributed by atoms with E-state index in [1.165, 1.54) is 0 Å². The summed E-state index contributed by atoms with van der Waals surface area (Å²) in [5.74, 6) is 1.71. The average molecular weight is 329 g/mol. The Morgan fingerprint density at radius 1 is 1.32 bits per heavy atom. The molecule has 0 heterocycles. The van der Waals surface area contributed by atoms with Crippen LogP contribution in [0.3, 0.4) is 0 Å². The lowest BCUT2D eigenvalue weighted by Crippen LogP contribution is -2.32. The molecule has 5 nitrogen and oxygen atoms in total. The van der Waals surface area contributed by atoms with Crippen molar-refractivity contribution in [2.24, 2.45) is 11.7 Å². The number of ether oxygens (including phenoxy) is 2. The number of benzene rings is 1. The zero-order chi connectivity index (χ0) is 15.4. The second-order valence-electron chi connectivity index (χ2n) is 5.64. The Kier molecular flexibility index (Phi) is 6.97. The third kappa shape index (κ3) is 4.27. The molecule has 0 aromatic heterocycles. The van der Waals surface area contributed by atoms with Crippen molar-refractivity contribution < 1.29 is 14.3 Å². The van der Waals surface area contributed by atoms with Crippen molar-refractivity contribution in [2.45, 2.75) is 31.8 Å². The number of hydrogen-bond acceptors (Lipinski definition) is 4. The Hall–Kier alpha value is -1.46. The van der Waals surface area contributed by atoms with Crippen LogP contribution in [0.2, 0.25) is 0 Å². The zero-order valence-electron chi connectivity index (χ0n) is 13.4.